The molecule has 0 saturated carbocycles. The Bertz CT molecular complexity index is 524. The summed E-state index contributed by atoms with van der Waals surface area (Å²) >= 11 is 4.29. The Morgan fingerprint density at radius 3 is 2.44 bits per heavy atom. The van der Waals surface area contributed by atoms with Gasteiger partial charge in [0.25, 0.3) is 0 Å². The zero-order chi connectivity index (χ0) is 12.4. The second-order valence-electron chi connectivity index (χ2n) is 4.93. The molecule has 0 radical (unpaired) electrons. The minimum atomic E-state index is 0.350. The average molecular weight is 255 g/mol. The fraction of sp³-hybridized carbons (Fsp3) is 0.250. The van der Waals surface area contributed by atoms with Gasteiger partial charge < -0.3 is 0 Å². The molecule has 3 rings (SSSR count). The minimum Gasteiger partial charge on any atom is -0.259 e. The second kappa shape index (κ2) is 5.17. The second-order valence-corrected chi connectivity index (χ2v) is 5.19. The van der Waals surface area contributed by atoms with E-state index in [0.717, 1.165) is 12.8 Å². The van der Waals surface area contributed by atoms with Crippen molar-refractivity contribution >= 4 is 12.8 Å². The van der Waals surface area contributed by atoms with Crippen LogP contribution in [0.3, 0.4) is 0 Å². The van der Waals surface area contributed by atoms with Gasteiger partial charge >= 0.3 is 0 Å². The first-order chi connectivity index (χ1) is 8.88. The van der Waals surface area contributed by atoms with E-state index < -0.39 is 0 Å². The van der Waals surface area contributed by atoms with Crippen molar-refractivity contribution in [3.63, 3.8) is 0 Å². The van der Waals surface area contributed by atoms with Gasteiger partial charge in [-0.25, -0.2) is 0 Å². The lowest BCUT2D eigenvalue weighted by Gasteiger charge is -2.31. The quantitative estimate of drug-likeness (QED) is 0.776. The number of benzene rings is 2. The van der Waals surface area contributed by atoms with E-state index in [1.54, 1.807) is 0 Å². The Morgan fingerprint density at radius 2 is 1.67 bits per heavy atom. The molecule has 2 aromatic carbocycles. The maximum atomic E-state index is 4.29. The van der Waals surface area contributed by atoms with Gasteiger partial charge in [-0.1, -0.05) is 67.4 Å². The predicted molar refractivity (Wildman–Crippen MR) is 78.8 cm³/mol. The van der Waals surface area contributed by atoms with E-state index in [1.165, 1.54) is 16.7 Å². The Labute approximate surface area is 114 Å². The van der Waals surface area contributed by atoms with Crippen LogP contribution >= 0.6 is 12.8 Å². The molecule has 1 N–H and O–H groups in total. The zero-order valence-corrected chi connectivity index (χ0v) is 11.1. The maximum absolute atomic E-state index is 4.29. The van der Waals surface area contributed by atoms with Gasteiger partial charge in [-0.3, -0.25) is 4.72 Å². The van der Waals surface area contributed by atoms with Crippen molar-refractivity contribution in [2.75, 3.05) is 0 Å². The molecular weight excluding hydrogens is 238 g/mol. The highest BCUT2D eigenvalue weighted by Crippen LogP contribution is 2.38. The van der Waals surface area contributed by atoms with Crippen molar-refractivity contribution in [2.45, 2.75) is 24.8 Å². The fourth-order valence-corrected chi connectivity index (χ4v) is 3.17. The van der Waals surface area contributed by atoms with E-state index in [0.29, 0.717) is 12.0 Å². The molecule has 0 aliphatic heterocycles. The van der Waals surface area contributed by atoms with Crippen molar-refractivity contribution in [3.05, 3.63) is 71.3 Å². The summed E-state index contributed by atoms with van der Waals surface area (Å²) in [6.45, 7) is 0. The van der Waals surface area contributed by atoms with E-state index in [1.807, 2.05) is 0 Å². The summed E-state index contributed by atoms with van der Waals surface area (Å²) in [5.41, 5.74) is 4.28. The van der Waals surface area contributed by atoms with Crippen molar-refractivity contribution in [2.24, 2.45) is 0 Å². The normalized spacial score (nSPS) is 22.5. The molecule has 2 heteroatoms. The van der Waals surface area contributed by atoms with Gasteiger partial charge in [-0.05, 0) is 35.4 Å². The van der Waals surface area contributed by atoms with Crippen LogP contribution in [-0.4, -0.2) is 0 Å². The van der Waals surface area contributed by atoms with Gasteiger partial charge in [-0.15, -0.1) is 0 Å². The molecule has 92 valence electrons. The molecule has 1 nitrogen and oxygen atoms in total. The van der Waals surface area contributed by atoms with Gasteiger partial charge in [0.2, 0.25) is 0 Å². The van der Waals surface area contributed by atoms with E-state index >= 15 is 0 Å². The smallest absolute Gasteiger partial charge is 0.0427 e. The van der Waals surface area contributed by atoms with Crippen LogP contribution in [0.15, 0.2) is 54.6 Å². The van der Waals surface area contributed by atoms with Crippen molar-refractivity contribution in [1.29, 1.82) is 0 Å². The number of hydrogen-bond donors (Lipinski definition) is 2. The third-order valence-electron chi connectivity index (χ3n) is 3.84. The maximum Gasteiger partial charge on any atom is 0.0427 e. The molecule has 0 spiro atoms. The number of thiol groups is 1. The highest BCUT2D eigenvalue weighted by Gasteiger charge is 2.26. The highest BCUT2D eigenvalue weighted by molar-refractivity contribution is 7.78. The molecule has 1 aliphatic carbocycles. The van der Waals surface area contributed by atoms with E-state index in [-0.39, 0.29) is 0 Å². The lowest BCUT2D eigenvalue weighted by Crippen LogP contribution is -2.23. The molecule has 2 unspecified atom stereocenters. The first kappa shape index (κ1) is 11.8. The number of nitrogens with one attached hydrogen (secondary N) is 1. The topological polar surface area (TPSA) is 12.0 Å². The predicted octanol–water partition coefficient (Wildman–Crippen LogP) is 3.89. The summed E-state index contributed by atoms with van der Waals surface area (Å²) in [7, 11) is 0. The molecule has 1 aliphatic rings. The first-order valence-corrected chi connectivity index (χ1v) is 6.85. The van der Waals surface area contributed by atoms with Gasteiger partial charge in [-0.2, -0.15) is 0 Å². The van der Waals surface area contributed by atoms with E-state index in [2.05, 4.69) is 72.1 Å². The number of fused-ring (bicyclic) bond motifs is 1. The summed E-state index contributed by atoms with van der Waals surface area (Å²) in [6, 6.07) is 19.8. The van der Waals surface area contributed by atoms with Crippen LogP contribution in [0.25, 0.3) is 0 Å². The molecule has 0 bridgehead atoms. The third kappa shape index (κ3) is 2.18. The molecule has 0 aromatic heterocycles. The lowest BCUT2D eigenvalue weighted by atomic mass is 9.78. The molecule has 2 atom stereocenters. The van der Waals surface area contributed by atoms with Crippen molar-refractivity contribution in [3.8, 4) is 0 Å². The molecule has 0 amide bonds. The average Bonchev–Trinajstić information content (AvgIpc) is 2.47. The largest absolute Gasteiger partial charge is 0.259 e. The standard InChI is InChI=1S/C16H17NS/c18-17-16-11-14(12-6-2-1-3-7-12)10-13-8-4-5-9-15(13)16/h1-9,14,16-18H,10-11H2. The van der Waals surface area contributed by atoms with E-state index in [9.17, 15) is 0 Å². The highest BCUT2D eigenvalue weighted by atomic mass is 32.1. The Balaban J connectivity index is 1.95. The Hall–Kier alpha value is -1.25. The first-order valence-electron chi connectivity index (χ1n) is 6.41. The SMILES string of the molecule is SNC1CC(c2ccccc2)Cc2ccccc21. The minimum absolute atomic E-state index is 0.350. The number of hydrogen-bond acceptors (Lipinski definition) is 2. The van der Waals surface area contributed by atoms with Crippen LogP contribution < -0.4 is 4.72 Å². The molecule has 18 heavy (non-hydrogen) atoms. The van der Waals surface area contributed by atoms with Crippen LogP contribution in [0, 0.1) is 0 Å². The van der Waals surface area contributed by atoms with Gasteiger partial charge in [0.05, 0.1) is 0 Å². The molecule has 0 fully saturated rings. The fourth-order valence-electron chi connectivity index (χ4n) is 2.92. The molecule has 2 aromatic rings. The van der Waals surface area contributed by atoms with Crippen LogP contribution in [0.2, 0.25) is 0 Å². The van der Waals surface area contributed by atoms with Crippen molar-refractivity contribution in [1.82, 2.24) is 4.72 Å². The van der Waals surface area contributed by atoms with Gasteiger partial charge in [0.15, 0.2) is 0 Å². The lowest BCUT2D eigenvalue weighted by molar-refractivity contribution is 0.485. The summed E-state index contributed by atoms with van der Waals surface area (Å²) in [5, 5.41) is 0. The summed E-state index contributed by atoms with van der Waals surface area (Å²) in [6.07, 6.45) is 2.25. The molecular formula is C16H17NS. The Morgan fingerprint density at radius 1 is 0.944 bits per heavy atom. The van der Waals surface area contributed by atoms with Crippen LogP contribution in [0.1, 0.15) is 35.1 Å². The van der Waals surface area contributed by atoms with Gasteiger partial charge in [0, 0.05) is 6.04 Å². The summed E-state index contributed by atoms with van der Waals surface area (Å²) in [4.78, 5) is 0. The van der Waals surface area contributed by atoms with E-state index in [4.69, 9.17) is 0 Å². The molecule has 0 heterocycles. The summed E-state index contributed by atoms with van der Waals surface area (Å²) in [5.74, 6) is 0.589. The Kier molecular flexibility index (Phi) is 3.39. The van der Waals surface area contributed by atoms with Crippen LogP contribution in [0.4, 0.5) is 0 Å². The van der Waals surface area contributed by atoms with Crippen molar-refractivity contribution < 1.29 is 0 Å². The molecule has 0 saturated heterocycles. The zero-order valence-electron chi connectivity index (χ0n) is 10.2. The monoisotopic (exact) mass is 255 g/mol. The van der Waals surface area contributed by atoms with Gasteiger partial charge in [0.1, 0.15) is 0 Å². The summed E-state index contributed by atoms with van der Waals surface area (Å²) < 4.78 is 3.15. The van der Waals surface area contributed by atoms with Crippen LogP contribution in [-0.2, 0) is 6.42 Å². The third-order valence-corrected chi connectivity index (χ3v) is 4.16. The van der Waals surface area contributed by atoms with Crippen LogP contribution in [0.5, 0.6) is 0 Å². The number of rotatable bonds is 2.